The van der Waals surface area contributed by atoms with Crippen LogP contribution in [0.3, 0.4) is 0 Å². The van der Waals surface area contributed by atoms with Crippen LogP contribution in [-0.4, -0.2) is 30.4 Å². The average Bonchev–Trinajstić information content (AvgIpc) is 2.02. The summed E-state index contributed by atoms with van der Waals surface area (Å²) in [6.45, 7) is 2.14. The van der Waals surface area contributed by atoms with Crippen molar-refractivity contribution in [2.75, 3.05) is 18.6 Å². The minimum Gasteiger partial charge on any atom is -0.466 e. The first-order chi connectivity index (χ1) is 5.70. The third-order valence-electron chi connectivity index (χ3n) is 1.22. The predicted octanol–water partition coefficient (Wildman–Crippen LogP) is 1.26. The van der Waals surface area contributed by atoms with Gasteiger partial charge in [-0.25, -0.2) is 0 Å². The van der Waals surface area contributed by atoms with Crippen LogP contribution < -0.4 is 0 Å². The first-order valence-corrected chi connectivity index (χ1v) is 5.26. The van der Waals surface area contributed by atoms with E-state index in [9.17, 15) is 9.59 Å². The number of ether oxygens (including phenoxy) is 1. The fourth-order valence-electron chi connectivity index (χ4n) is 0.708. The van der Waals surface area contributed by atoms with Crippen molar-refractivity contribution in [3.63, 3.8) is 0 Å². The molecule has 0 saturated heterocycles. The summed E-state index contributed by atoms with van der Waals surface area (Å²) in [5, 5.41) is 0. The number of thioether (sulfide) groups is 1. The lowest BCUT2D eigenvalue weighted by atomic mass is 10.2. The quantitative estimate of drug-likeness (QED) is 0.591. The zero-order valence-corrected chi connectivity index (χ0v) is 8.28. The highest BCUT2D eigenvalue weighted by Gasteiger charge is 2.06. The standard InChI is InChI=1S/C8H14O3S/c1-3-11-8(10)5-4-7(9)6-12-2/h3-6H2,1-2H3. The van der Waals surface area contributed by atoms with Gasteiger partial charge in [-0.15, -0.1) is 0 Å². The molecule has 0 rings (SSSR count). The molecule has 0 unspecified atom stereocenters. The molecule has 0 amide bonds. The zero-order chi connectivity index (χ0) is 9.40. The molecule has 0 aliphatic carbocycles. The first kappa shape index (κ1) is 11.5. The normalized spacial score (nSPS) is 9.50. The summed E-state index contributed by atoms with van der Waals surface area (Å²) in [7, 11) is 0. The van der Waals surface area contributed by atoms with Gasteiger partial charge in [0, 0.05) is 6.42 Å². The molecular weight excluding hydrogens is 176 g/mol. The molecule has 0 aliphatic heterocycles. The topological polar surface area (TPSA) is 43.4 Å². The first-order valence-electron chi connectivity index (χ1n) is 3.87. The molecule has 70 valence electrons. The van der Waals surface area contributed by atoms with Gasteiger partial charge >= 0.3 is 5.97 Å². The van der Waals surface area contributed by atoms with E-state index >= 15 is 0 Å². The predicted molar refractivity (Wildman–Crippen MR) is 49.3 cm³/mol. The SMILES string of the molecule is CCOC(=O)CCC(=O)CSC. The summed E-state index contributed by atoms with van der Waals surface area (Å²) in [5.74, 6) is 0.307. The van der Waals surface area contributed by atoms with Crippen molar-refractivity contribution >= 4 is 23.5 Å². The number of esters is 1. The molecule has 0 bridgehead atoms. The van der Waals surface area contributed by atoms with Crippen LogP contribution >= 0.6 is 11.8 Å². The van der Waals surface area contributed by atoms with Crippen molar-refractivity contribution < 1.29 is 14.3 Å². The van der Waals surface area contributed by atoms with Crippen molar-refractivity contribution in [1.82, 2.24) is 0 Å². The Labute approximate surface area is 76.9 Å². The maximum absolute atomic E-state index is 10.9. The summed E-state index contributed by atoms with van der Waals surface area (Å²) in [4.78, 5) is 21.7. The number of rotatable bonds is 6. The smallest absolute Gasteiger partial charge is 0.306 e. The van der Waals surface area contributed by atoms with Crippen molar-refractivity contribution in [2.45, 2.75) is 19.8 Å². The Morgan fingerprint density at radius 2 is 2.00 bits per heavy atom. The second kappa shape index (κ2) is 7.16. The molecule has 0 saturated carbocycles. The summed E-state index contributed by atoms with van der Waals surface area (Å²) in [5.41, 5.74) is 0. The van der Waals surface area contributed by atoms with Crippen molar-refractivity contribution in [3.8, 4) is 0 Å². The number of carbonyl (C=O) groups excluding carboxylic acids is 2. The number of ketones is 1. The molecule has 0 aromatic heterocycles. The lowest BCUT2D eigenvalue weighted by molar-refractivity contribution is -0.144. The summed E-state index contributed by atoms with van der Waals surface area (Å²) in [6, 6.07) is 0. The number of hydrogen-bond donors (Lipinski definition) is 0. The van der Waals surface area contributed by atoms with Gasteiger partial charge in [0.05, 0.1) is 18.8 Å². The lowest BCUT2D eigenvalue weighted by Gasteiger charge is -1.99. The molecule has 0 fully saturated rings. The van der Waals surface area contributed by atoms with E-state index in [1.165, 1.54) is 11.8 Å². The lowest BCUT2D eigenvalue weighted by Crippen LogP contribution is -2.08. The zero-order valence-electron chi connectivity index (χ0n) is 7.46. The summed E-state index contributed by atoms with van der Waals surface area (Å²) >= 11 is 1.47. The van der Waals surface area contributed by atoms with Crippen molar-refractivity contribution in [2.24, 2.45) is 0 Å². The van der Waals surface area contributed by atoms with Gasteiger partial charge < -0.3 is 4.74 Å². The summed E-state index contributed by atoms with van der Waals surface area (Å²) in [6.07, 6.45) is 2.38. The molecule has 0 aromatic rings. The van der Waals surface area contributed by atoms with Gasteiger partial charge in [0.25, 0.3) is 0 Å². The Morgan fingerprint density at radius 3 is 2.50 bits per heavy atom. The third-order valence-corrected chi connectivity index (χ3v) is 1.83. The summed E-state index contributed by atoms with van der Waals surface area (Å²) < 4.78 is 4.67. The monoisotopic (exact) mass is 190 g/mol. The van der Waals surface area contributed by atoms with Crippen LogP contribution in [0.1, 0.15) is 19.8 Å². The van der Waals surface area contributed by atoms with Gasteiger partial charge in [0.15, 0.2) is 0 Å². The van der Waals surface area contributed by atoms with Crippen LogP contribution in [0.4, 0.5) is 0 Å². The Hall–Kier alpha value is -0.510. The molecule has 12 heavy (non-hydrogen) atoms. The maximum Gasteiger partial charge on any atom is 0.306 e. The van der Waals surface area contributed by atoms with Crippen LogP contribution in [0.2, 0.25) is 0 Å². The maximum atomic E-state index is 10.9. The molecule has 3 nitrogen and oxygen atoms in total. The van der Waals surface area contributed by atoms with Gasteiger partial charge in [0.2, 0.25) is 0 Å². The fourth-order valence-corrected chi connectivity index (χ4v) is 1.17. The van der Waals surface area contributed by atoms with E-state index < -0.39 is 0 Å². The van der Waals surface area contributed by atoms with Crippen LogP contribution in [0, 0.1) is 0 Å². The molecule has 0 radical (unpaired) electrons. The molecule has 0 aliphatic rings. The molecule has 0 N–H and O–H groups in total. The van der Waals surface area contributed by atoms with E-state index in [1.54, 1.807) is 6.92 Å². The largest absolute Gasteiger partial charge is 0.466 e. The van der Waals surface area contributed by atoms with Gasteiger partial charge in [-0.1, -0.05) is 0 Å². The highest BCUT2D eigenvalue weighted by atomic mass is 32.2. The van der Waals surface area contributed by atoms with Gasteiger partial charge in [0.1, 0.15) is 5.78 Å². The molecule has 4 heteroatoms. The minimum absolute atomic E-state index is 0.107. The van der Waals surface area contributed by atoms with E-state index in [-0.39, 0.29) is 18.2 Å². The molecule has 0 atom stereocenters. The molecular formula is C8H14O3S. The van der Waals surface area contributed by atoms with E-state index in [2.05, 4.69) is 4.74 Å². The Morgan fingerprint density at radius 1 is 1.33 bits per heavy atom. The fraction of sp³-hybridized carbons (Fsp3) is 0.750. The average molecular weight is 190 g/mol. The van der Waals surface area contributed by atoms with Gasteiger partial charge in [-0.05, 0) is 13.2 Å². The van der Waals surface area contributed by atoms with Crippen LogP contribution in [-0.2, 0) is 14.3 Å². The number of hydrogen-bond acceptors (Lipinski definition) is 4. The number of Topliss-reactive ketones (excluding diaryl/α,β-unsaturated/α-hetero) is 1. The van der Waals surface area contributed by atoms with E-state index in [1.807, 2.05) is 6.26 Å². The molecule has 0 heterocycles. The Bertz CT molecular complexity index is 138. The molecule has 0 spiro atoms. The van der Waals surface area contributed by atoms with E-state index in [0.29, 0.717) is 18.8 Å². The second-order valence-electron chi connectivity index (χ2n) is 2.28. The minimum atomic E-state index is -0.285. The second-order valence-corrected chi connectivity index (χ2v) is 3.14. The van der Waals surface area contributed by atoms with Crippen molar-refractivity contribution in [1.29, 1.82) is 0 Å². The molecule has 0 aromatic carbocycles. The van der Waals surface area contributed by atoms with Crippen LogP contribution in [0.15, 0.2) is 0 Å². The third kappa shape index (κ3) is 6.22. The number of carbonyl (C=O) groups is 2. The van der Waals surface area contributed by atoms with Crippen molar-refractivity contribution in [3.05, 3.63) is 0 Å². The Kier molecular flexibility index (Phi) is 6.85. The van der Waals surface area contributed by atoms with Gasteiger partial charge in [-0.3, -0.25) is 9.59 Å². The van der Waals surface area contributed by atoms with E-state index in [4.69, 9.17) is 0 Å². The Balaban J connectivity index is 3.40. The van der Waals surface area contributed by atoms with Crippen LogP contribution in [0.5, 0.6) is 0 Å². The van der Waals surface area contributed by atoms with E-state index in [0.717, 1.165) is 0 Å². The van der Waals surface area contributed by atoms with Crippen LogP contribution in [0.25, 0.3) is 0 Å². The highest BCUT2D eigenvalue weighted by Crippen LogP contribution is 1.99. The highest BCUT2D eigenvalue weighted by molar-refractivity contribution is 7.99. The van der Waals surface area contributed by atoms with Gasteiger partial charge in [-0.2, -0.15) is 11.8 Å².